The van der Waals surface area contributed by atoms with Crippen LogP contribution in [0.4, 0.5) is 5.69 Å². The van der Waals surface area contributed by atoms with Crippen LogP contribution in [0, 0.1) is 5.92 Å². The van der Waals surface area contributed by atoms with Gasteiger partial charge in [0.15, 0.2) is 0 Å². The molecular weight excluding hydrogens is 184 g/mol. The first-order valence-electron chi connectivity index (χ1n) is 5.54. The molecule has 0 bridgehead atoms. The number of rotatable bonds is 2. The molecule has 0 unspecified atom stereocenters. The predicted molar refractivity (Wildman–Crippen MR) is 64.4 cm³/mol. The van der Waals surface area contributed by atoms with Gasteiger partial charge in [-0.2, -0.15) is 0 Å². The Kier molecular flexibility index (Phi) is 2.96. The van der Waals surface area contributed by atoms with E-state index in [1.807, 2.05) is 6.07 Å². The van der Waals surface area contributed by atoms with E-state index in [0.717, 1.165) is 31.7 Å². The highest BCUT2D eigenvalue weighted by Gasteiger charge is 2.16. The lowest BCUT2D eigenvalue weighted by Crippen LogP contribution is -2.32. The van der Waals surface area contributed by atoms with Crippen molar-refractivity contribution in [1.29, 1.82) is 0 Å². The van der Waals surface area contributed by atoms with Gasteiger partial charge < -0.3 is 5.73 Å². The van der Waals surface area contributed by atoms with Crippen molar-refractivity contribution in [2.45, 2.75) is 26.8 Å². The van der Waals surface area contributed by atoms with Gasteiger partial charge in [0, 0.05) is 25.3 Å². The average Bonchev–Trinajstić information content (AvgIpc) is 2.17. The summed E-state index contributed by atoms with van der Waals surface area (Å²) in [5.41, 5.74) is 9.54. The standard InChI is InChI=1S/C13H19N2/c1-10(2)8-15-6-5-11-7-13(14)4-3-12(11)9-15/h3-4,7H,5-6,8-9,14H2,1-2H3. The van der Waals surface area contributed by atoms with Gasteiger partial charge in [0.2, 0.25) is 0 Å². The van der Waals surface area contributed by atoms with Gasteiger partial charge in [-0.25, -0.2) is 0 Å². The second-order valence-electron chi connectivity index (χ2n) is 4.70. The van der Waals surface area contributed by atoms with Gasteiger partial charge in [-0.3, -0.25) is 4.90 Å². The van der Waals surface area contributed by atoms with Crippen LogP contribution in [-0.2, 0) is 13.0 Å². The van der Waals surface area contributed by atoms with E-state index < -0.39 is 0 Å². The van der Waals surface area contributed by atoms with Crippen LogP contribution in [0.1, 0.15) is 25.0 Å². The van der Waals surface area contributed by atoms with Gasteiger partial charge in [0.1, 0.15) is 0 Å². The molecule has 1 heterocycles. The van der Waals surface area contributed by atoms with Crippen molar-refractivity contribution >= 4 is 5.69 Å². The molecule has 0 spiro atoms. The molecule has 1 aliphatic heterocycles. The summed E-state index contributed by atoms with van der Waals surface area (Å²) in [6, 6.07) is 6.29. The van der Waals surface area contributed by atoms with Crippen LogP contribution in [0.3, 0.4) is 0 Å². The molecule has 15 heavy (non-hydrogen) atoms. The third-order valence-corrected chi connectivity index (χ3v) is 2.86. The fraction of sp³-hybridized carbons (Fsp3) is 0.462. The summed E-state index contributed by atoms with van der Waals surface area (Å²) >= 11 is 0. The summed E-state index contributed by atoms with van der Waals surface area (Å²) in [4.78, 5) is 2.49. The van der Waals surface area contributed by atoms with E-state index in [4.69, 9.17) is 5.73 Å². The van der Waals surface area contributed by atoms with Crippen molar-refractivity contribution in [3.8, 4) is 0 Å². The molecule has 0 fully saturated rings. The van der Waals surface area contributed by atoms with Gasteiger partial charge in [0.05, 0.1) is 0 Å². The van der Waals surface area contributed by atoms with E-state index in [1.165, 1.54) is 17.0 Å². The van der Waals surface area contributed by atoms with Crippen LogP contribution in [0.15, 0.2) is 18.2 Å². The Bertz CT molecular complexity index is 344. The molecule has 81 valence electrons. The Balaban J connectivity index is 2.10. The Morgan fingerprint density at radius 2 is 2.13 bits per heavy atom. The molecule has 2 nitrogen and oxygen atoms in total. The van der Waals surface area contributed by atoms with Crippen LogP contribution in [0.25, 0.3) is 0 Å². The van der Waals surface area contributed by atoms with E-state index in [1.54, 1.807) is 0 Å². The first-order valence-corrected chi connectivity index (χ1v) is 5.54. The molecule has 1 aromatic carbocycles. The molecule has 0 aromatic heterocycles. The quantitative estimate of drug-likeness (QED) is 0.747. The number of fused-ring (bicyclic) bond motifs is 1. The minimum Gasteiger partial charge on any atom is -0.399 e. The topological polar surface area (TPSA) is 29.3 Å². The van der Waals surface area contributed by atoms with Crippen LogP contribution >= 0.6 is 0 Å². The van der Waals surface area contributed by atoms with Gasteiger partial charge >= 0.3 is 0 Å². The minimum atomic E-state index is 0.889. The van der Waals surface area contributed by atoms with Crippen molar-refractivity contribution in [2.24, 2.45) is 0 Å². The van der Waals surface area contributed by atoms with E-state index in [0.29, 0.717) is 0 Å². The van der Waals surface area contributed by atoms with Gasteiger partial charge in [-0.1, -0.05) is 19.9 Å². The summed E-state index contributed by atoms with van der Waals surface area (Å²) in [6.07, 6.45) is 1.13. The molecule has 2 rings (SSSR count). The number of benzene rings is 1. The third-order valence-electron chi connectivity index (χ3n) is 2.86. The van der Waals surface area contributed by atoms with E-state index in [-0.39, 0.29) is 0 Å². The highest BCUT2D eigenvalue weighted by Crippen LogP contribution is 2.21. The van der Waals surface area contributed by atoms with E-state index in [9.17, 15) is 0 Å². The number of nitrogen functional groups attached to an aromatic ring is 1. The highest BCUT2D eigenvalue weighted by molar-refractivity contribution is 5.45. The molecule has 0 saturated carbocycles. The molecule has 1 aromatic rings. The zero-order chi connectivity index (χ0) is 10.8. The molecule has 1 radical (unpaired) electrons. The molecule has 0 aliphatic carbocycles. The van der Waals surface area contributed by atoms with Crippen molar-refractivity contribution in [2.75, 3.05) is 18.8 Å². The molecule has 0 saturated heterocycles. The van der Waals surface area contributed by atoms with Crippen LogP contribution < -0.4 is 5.73 Å². The SMILES string of the molecule is C[C](C)CN1CCc2cc(N)ccc2C1. The van der Waals surface area contributed by atoms with Crippen LogP contribution in [0.5, 0.6) is 0 Å². The molecule has 2 heteroatoms. The predicted octanol–water partition coefficient (Wildman–Crippen LogP) is 2.24. The van der Waals surface area contributed by atoms with Gasteiger partial charge in [-0.05, 0) is 35.6 Å². The molecule has 2 N–H and O–H groups in total. The maximum absolute atomic E-state index is 5.78. The summed E-state index contributed by atoms with van der Waals surface area (Å²) in [5, 5.41) is 0. The monoisotopic (exact) mass is 203 g/mol. The zero-order valence-corrected chi connectivity index (χ0v) is 9.59. The van der Waals surface area contributed by atoms with Crippen molar-refractivity contribution in [3.63, 3.8) is 0 Å². The lowest BCUT2D eigenvalue weighted by Gasteiger charge is -2.30. The molecular formula is C13H19N2. The second kappa shape index (κ2) is 4.23. The lowest BCUT2D eigenvalue weighted by atomic mass is 9.98. The normalized spacial score (nSPS) is 16.7. The van der Waals surface area contributed by atoms with E-state index in [2.05, 4.69) is 30.9 Å². The number of hydrogen-bond acceptors (Lipinski definition) is 2. The number of anilines is 1. The maximum Gasteiger partial charge on any atom is 0.0316 e. The lowest BCUT2D eigenvalue weighted by molar-refractivity contribution is 0.264. The molecule has 0 atom stereocenters. The first kappa shape index (κ1) is 10.5. The number of nitrogens with two attached hydrogens (primary N) is 1. The Morgan fingerprint density at radius 3 is 2.87 bits per heavy atom. The third kappa shape index (κ3) is 2.51. The zero-order valence-electron chi connectivity index (χ0n) is 9.59. The fourth-order valence-corrected chi connectivity index (χ4v) is 2.21. The van der Waals surface area contributed by atoms with Gasteiger partial charge in [0.25, 0.3) is 0 Å². The van der Waals surface area contributed by atoms with Crippen molar-refractivity contribution in [1.82, 2.24) is 4.90 Å². The highest BCUT2D eigenvalue weighted by atomic mass is 15.1. The Labute approximate surface area is 92.1 Å². The van der Waals surface area contributed by atoms with E-state index >= 15 is 0 Å². The Morgan fingerprint density at radius 1 is 1.33 bits per heavy atom. The summed E-state index contributed by atoms with van der Waals surface area (Å²) < 4.78 is 0. The summed E-state index contributed by atoms with van der Waals surface area (Å²) in [7, 11) is 0. The van der Waals surface area contributed by atoms with Crippen molar-refractivity contribution < 1.29 is 0 Å². The summed E-state index contributed by atoms with van der Waals surface area (Å²) in [5.74, 6) is 1.48. The average molecular weight is 203 g/mol. The summed E-state index contributed by atoms with van der Waals surface area (Å²) in [6.45, 7) is 7.73. The molecule has 0 amide bonds. The number of nitrogens with zero attached hydrogens (tertiary/aromatic N) is 1. The molecule has 1 aliphatic rings. The van der Waals surface area contributed by atoms with Gasteiger partial charge in [-0.15, -0.1) is 0 Å². The van der Waals surface area contributed by atoms with Crippen LogP contribution in [-0.4, -0.2) is 18.0 Å². The fourth-order valence-electron chi connectivity index (χ4n) is 2.21. The number of hydrogen-bond donors (Lipinski definition) is 1. The first-order chi connectivity index (χ1) is 7.15. The maximum atomic E-state index is 5.78. The Hall–Kier alpha value is -1.02. The smallest absolute Gasteiger partial charge is 0.0316 e. The largest absolute Gasteiger partial charge is 0.399 e. The second-order valence-corrected chi connectivity index (χ2v) is 4.70. The van der Waals surface area contributed by atoms with Crippen molar-refractivity contribution in [3.05, 3.63) is 35.2 Å². The minimum absolute atomic E-state index is 0.889. The van der Waals surface area contributed by atoms with Crippen LogP contribution in [0.2, 0.25) is 0 Å².